The highest BCUT2D eigenvalue weighted by atomic mass is 16.2. The Hall–Kier alpha value is -1.79. The van der Waals surface area contributed by atoms with Gasteiger partial charge < -0.3 is 10.4 Å². The Labute approximate surface area is 126 Å². The van der Waals surface area contributed by atoms with E-state index in [1.807, 2.05) is 25.1 Å². The molecule has 0 heterocycles. The van der Waals surface area contributed by atoms with Crippen molar-refractivity contribution in [3.8, 4) is 11.8 Å². The number of aliphatic hydroxyl groups excluding tert-OH is 1. The number of anilines is 1. The first-order valence-electron chi connectivity index (χ1n) is 7.72. The zero-order valence-electron chi connectivity index (χ0n) is 12.6. The first-order valence-corrected chi connectivity index (χ1v) is 7.72. The Morgan fingerprint density at radius 2 is 2.00 bits per heavy atom. The average molecular weight is 285 g/mol. The van der Waals surface area contributed by atoms with Gasteiger partial charge in [0, 0.05) is 17.2 Å². The number of benzene rings is 1. The first-order chi connectivity index (χ1) is 10.2. The van der Waals surface area contributed by atoms with Crippen LogP contribution in [0.25, 0.3) is 0 Å². The second-order valence-electron chi connectivity index (χ2n) is 5.67. The van der Waals surface area contributed by atoms with E-state index in [-0.39, 0.29) is 18.4 Å². The van der Waals surface area contributed by atoms with E-state index in [1.54, 1.807) is 0 Å². The van der Waals surface area contributed by atoms with Gasteiger partial charge in [-0.1, -0.05) is 37.5 Å². The predicted molar refractivity (Wildman–Crippen MR) is 85.0 cm³/mol. The number of carbonyl (C=O) groups is 1. The van der Waals surface area contributed by atoms with Gasteiger partial charge in [0.05, 0.1) is 0 Å². The van der Waals surface area contributed by atoms with Crippen molar-refractivity contribution in [2.75, 3.05) is 11.9 Å². The minimum absolute atomic E-state index is 0.140. The van der Waals surface area contributed by atoms with Gasteiger partial charge in [-0.25, -0.2) is 0 Å². The lowest BCUT2D eigenvalue weighted by molar-refractivity contribution is -0.120. The maximum atomic E-state index is 12.4. The molecule has 2 rings (SSSR count). The molecule has 1 amide bonds. The Bertz CT molecular complexity index is 546. The van der Waals surface area contributed by atoms with Crippen LogP contribution in [-0.2, 0) is 4.79 Å². The summed E-state index contributed by atoms with van der Waals surface area (Å²) in [6.45, 7) is 1.83. The fourth-order valence-corrected chi connectivity index (χ4v) is 2.80. The number of amides is 1. The third-order valence-electron chi connectivity index (χ3n) is 4.02. The lowest BCUT2D eigenvalue weighted by Gasteiger charge is -2.15. The van der Waals surface area contributed by atoms with Crippen LogP contribution in [-0.4, -0.2) is 17.6 Å². The maximum absolute atomic E-state index is 12.4. The van der Waals surface area contributed by atoms with Gasteiger partial charge in [-0.15, -0.1) is 0 Å². The zero-order valence-corrected chi connectivity index (χ0v) is 12.6. The van der Waals surface area contributed by atoms with Crippen LogP contribution in [0.2, 0.25) is 0 Å². The van der Waals surface area contributed by atoms with E-state index in [0.29, 0.717) is 0 Å². The van der Waals surface area contributed by atoms with Crippen molar-refractivity contribution in [2.45, 2.75) is 45.4 Å². The highest BCUT2D eigenvalue weighted by Gasteiger charge is 2.20. The van der Waals surface area contributed by atoms with E-state index >= 15 is 0 Å². The van der Waals surface area contributed by atoms with Crippen LogP contribution < -0.4 is 5.32 Å². The molecule has 0 bridgehead atoms. The van der Waals surface area contributed by atoms with Gasteiger partial charge in [-0.05, 0) is 43.5 Å². The number of rotatable bonds is 2. The van der Waals surface area contributed by atoms with Crippen molar-refractivity contribution in [3.05, 3.63) is 29.3 Å². The third kappa shape index (κ3) is 4.61. The van der Waals surface area contributed by atoms with Crippen molar-refractivity contribution >= 4 is 11.6 Å². The predicted octanol–water partition coefficient (Wildman–Crippen LogP) is 3.25. The molecule has 0 atom stereocenters. The summed E-state index contributed by atoms with van der Waals surface area (Å²) in [6, 6.07) is 5.70. The summed E-state index contributed by atoms with van der Waals surface area (Å²) in [5.74, 6) is 5.80. The summed E-state index contributed by atoms with van der Waals surface area (Å²) in [4.78, 5) is 12.4. The normalized spacial score (nSPS) is 15.7. The summed E-state index contributed by atoms with van der Waals surface area (Å²) in [6.07, 6.45) is 6.83. The van der Waals surface area contributed by atoms with Gasteiger partial charge in [-0.2, -0.15) is 0 Å². The molecule has 1 aliphatic carbocycles. The molecule has 112 valence electrons. The van der Waals surface area contributed by atoms with E-state index in [2.05, 4.69) is 17.2 Å². The number of nitrogens with one attached hydrogen (secondary N) is 1. The van der Waals surface area contributed by atoms with Crippen molar-refractivity contribution in [1.82, 2.24) is 0 Å². The molecule has 0 spiro atoms. The standard InChI is InChI=1S/C18H23NO2/c1-14-13-15(7-6-12-20)10-11-17(14)19-18(21)16-8-4-2-3-5-9-16/h10-11,13,16,20H,2-5,8-9,12H2,1H3,(H,19,21). The monoisotopic (exact) mass is 285 g/mol. The largest absolute Gasteiger partial charge is 0.384 e. The molecular formula is C18H23NO2. The van der Waals surface area contributed by atoms with E-state index in [0.717, 1.165) is 42.5 Å². The van der Waals surface area contributed by atoms with Crippen molar-refractivity contribution in [3.63, 3.8) is 0 Å². The quantitative estimate of drug-likeness (QED) is 0.647. The van der Waals surface area contributed by atoms with Crippen LogP contribution in [0.3, 0.4) is 0 Å². The second-order valence-corrected chi connectivity index (χ2v) is 5.67. The highest BCUT2D eigenvalue weighted by molar-refractivity contribution is 5.93. The fraction of sp³-hybridized carbons (Fsp3) is 0.500. The number of aliphatic hydroxyl groups is 1. The summed E-state index contributed by atoms with van der Waals surface area (Å²) in [5.41, 5.74) is 2.72. The van der Waals surface area contributed by atoms with Gasteiger partial charge in [0.15, 0.2) is 0 Å². The summed E-state index contributed by atoms with van der Waals surface area (Å²) < 4.78 is 0. The van der Waals surface area contributed by atoms with Crippen LogP contribution in [0, 0.1) is 24.7 Å². The van der Waals surface area contributed by atoms with Gasteiger partial charge in [-0.3, -0.25) is 4.79 Å². The molecule has 0 unspecified atom stereocenters. The van der Waals surface area contributed by atoms with Crippen LogP contribution in [0.1, 0.15) is 49.7 Å². The third-order valence-corrected chi connectivity index (χ3v) is 4.02. The molecule has 1 fully saturated rings. The molecule has 21 heavy (non-hydrogen) atoms. The molecule has 2 N–H and O–H groups in total. The summed E-state index contributed by atoms with van der Waals surface area (Å²) >= 11 is 0. The van der Waals surface area contributed by atoms with Crippen molar-refractivity contribution in [2.24, 2.45) is 5.92 Å². The molecule has 1 aromatic rings. The zero-order chi connectivity index (χ0) is 15.1. The Balaban J connectivity index is 2.03. The molecule has 1 aliphatic rings. The topological polar surface area (TPSA) is 49.3 Å². The minimum Gasteiger partial charge on any atom is -0.384 e. The van der Waals surface area contributed by atoms with Gasteiger partial charge in [0.2, 0.25) is 5.91 Å². The molecule has 0 radical (unpaired) electrons. The van der Waals surface area contributed by atoms with Crippen LogP contribution in [0.15, 0.2) is 18.2 Å². The molecule has 3 nitrogen and oxygen atoms in total. The van der Waals surface area contributed by atoms with Gasteiger partial charge in [0.1, 0.15) is 6.61 Å². The fourth-order valence-electron chi connectivity index (χ4n) is 2.80. The molecule has 3 heteroatoms. The smallest absolute Gasteiger partial charge is 0.227 e. The molecule has 0 aromatic heterocycles. The summed E-state index contributed by atoms with van der Waals surface area (Å²) in [5, 5.41) is 11.8. The number of aryl methyl sites for hydroxylation is 1. The van der Waals surface area contributed by atoms with Crippen LogP contribution in [0.5, 0.6) is 0 Å². The van der Waals surface area contributed by atoms with Crippen LogP contribution in [0.4, 0.5) is 5.69 Å². The van der Waals surface area contributed by atoms with Crippen LogP contribution >= 0.6 is 0 Å². The lowest BCUT2D eigenvalue weighted by Crippen LogP contribution is -2.22. The molecule has 1 saturated carbocycles. The number of hydrogen-bond donors (Lipinski definition) is 2. The molecule has 1 aromatic carbocycles. The molecular weight excluding hydrogens is 262 g/mol. The van der Waals surface area contributed by atoms with E-state index < -0.39 is 0 Å². The minimum atomic E-state index is -0.140. The highest BCUT2D eigenvalue weighted by Crippen LogP contribution is 2.25. The number of hydrogen-bond acceptors (Lipinski definition) is 2. The first kappa shape index (κ1) is 15.6. The van der Waals surface area contributed by atoms with E-state index in [9.17, 15) is 4.79 Å². The second kappa shape index (κ2) is 7.85. The van der Waals surface area contributed by atoms with E-state index in [1.165, 1.54) is 12.8 Å². The molecule has 0 aliphatic heterocycles. The van der Waals surface area contributed by atoms with Crippen molar-refractivity contribution in [1.29, 1.82) is 0 Å². The van der Waals surface area contributed by atoms with Gasteiger partial charge >= 0.3 is 0 Å². The SMILES string of the molecule is Cc1cc(C#CCO)ccc1NC(=O)C1CCCCCC1. The maximum Gasteiger partial charge on any atom is 0.227 e. The van der Waals surface area contributed by atoms with Gasteiger partial charge in [0.25, 0.3) is 0 Å². The number of carbonyl (C=O) groups excluding carboxylic acids is 1. The van der Waals surface area contributed by atoms with E-state index in [4.69, 9.17) is 5.11 Å². The Kier molecular flexibility index (Phi) is 5.83. The van der Waals surface area contributed by atoms with Crippen molar-refractivity contribution < 1.29 is 9.90 Å². The molecule has 0 saturated heterocycles. The summed E-state index contributed by atoms with van der Waals surface area (Å²) in [7, 11) is 0. The lowest BCUT2D eigenvalue weighted by atomic mass is 9.99. The Morgan fingerprint density at radius 3 is 2.62 bits per heavy atom. The Morgan fingerprint density at radius 1 is 1.29 bits per heavy atom. The average Bonchev–Trinajstić information content (AvgIpc) is 2.76.